The number of amides is 1. The number of amidine groups is 1. The van der Waals surface area contributed by atoms with Gasteiger partial charge in [-0.05, 0) is 70.0 Å². The van der Waals surface area contributed by atoms with E-state index in [0.29, 0.717) is 25.1 Å². The van der Waals surface area contributed by atoms with Crippen molar-refractivity contribution >= 4 is 62.1 Å². The Kier molecular flexibility index (Phi) is 5.51. The van der Waals surface area contributed by atoms with Crippen molar-refractivity contribution in [3.63, 3.8) is 0 Å². The number of benzene rings is 2. The molecular formula is C18H14BrClN2O2S. The zero-order valence-electron chi connectivity index (χ0n) is 13.2. The second-order valence-electron chi connectivity index (χ2n) is 5.33. The molecular weight excluding hydrogens is 424 g/mol. The Bertz CT molecular complexity index is 895. The molecule has 1 heterocycles. The fraction of sp³-hybridized carbons (Fsp3) is 0.111. The summed E-state index contributed by atoms with van der Waals surface area (Å²) in [5.41, 5.74) is 2.47. The van der Waals surface area contributed by atoms with Gasteiger partial charge in [-0.1, -0.05) is 30.7 Å². The molecule has 0 spiro atoms. The average molecular weight is 438 g/mol. The van der Waals surface area contributed by atoms with E-state index in [9.17, 15) is 9.90 Å². The molecule has 2 aromatic rings. The van der Waals surface area contributed by atoms with Crippen LogP contribution in [0.3, 0.4) is 0 Å². The monoisotopic (exact) mass is 436 g/mol. The summed E-state index contributed by atoms with van der Waals surface area (Å²) in [6.45, 7) is 2.09. The fourth-order valence-electron chi connectivity index (χ4n) is 2.24. The normalized spacial score (nSPS) is 17.3. The zero-order chi connectivity index (χ0) is 18.0. The summed E-state index contributed by atoms with van der Waals surface area (Å²) in [5, 5.41) is 13.8. The van der Waals surface area contributed by atoms with Crippen molar-refractivity contribution < 1.29 is 9.90 Å². The van der Waals surface area contributed by atoms with Gasteiger partial charge in [0.05, 0.1) is 15.1 Å². The van der Waals surface area contributed by atoms with Gasteiger partial charge in [0.2, 0.25) is 0 Å². The first-order chi connectivity index (χ1) is 12.0. The molecule has 0 saturated carbocycles. The van der Waals surface area contributed by atoms with Crippen molar-refractivity contribution in [2.45, 2.75) is 13.3 Å². The average Bonchev–Trinajstić information content (AvgIpc) is 2.92. The van der Waals surface area contributed by atoms with Gasteiger partial charge < -0.3 is 10.4 Å². The van der Waals surface area contributed by atoms with Gasteiger partial charge >= 0.3 is 0 Å². The summed E-state index contributed by atoms with van der Waals surface area (Å²) in [6.07, 6.45) is 2.56. The summed E-state index contributed by atoms with van der Waals surface area (Å²) >= 11 is 10.5. The van der Waals surface area contributed by atoms with E-state index in [0.717, 1.165) is 12.1 Å². The number of nitrogens with zero attached hydrogens (tertiary/aromatic N) is 1. The topological polar surface area (TPSA) is 61.7 Å². The van der Waals surface area contributed by atoms with Crippen molar-refractivity contribution in [3.8, 4) is 5.75 Å². The summed E-state index contributed by atoms with van der Waals surface area (Å²) in [4.78, 5) is 17.0. The highest BCUT2D eigenvalue weighted by molar-refractivity contribution is 9.10. The van der Waals surface area contributed by atoms with E-state index >= 15 is 0 Å². The second kappa shape index (κ2) is 7.64. The first-order valence-corrected chi connectivity index (χ1v) is 9.51. The number of rotatable bonds is 3. The number of thioether (sulfide) groups is 1. The lowest BCUT2D eigenvalue weighted by atomic mass is 10.2. The summed E-state index contributed by atoms with van der Waals surface area (Å²) in [5.74, 6) is -0.227. The molecule has 1 fully saturated rings. The molecule has 4 nitrogen and oxygen atoms in total. The number of phenols is 1. The molecule has 1 aliphatic rings. The standard InChI is InChI=1S/C18H14BrClN2O2S/c1-2-10-3-5-13(6-4-10)21-18-22-17(24)15(25-18)8-11-7-12(20)9-14(19)16(11)23/h3-9,23H,2H2,1H3,(H,21,22,24)/b15-8-. The molecule has 0 aromatic heterocycles. The number of hydrogen-bond acceptors (Lipinski definition) is 4. The van der Waals surface area contributed by atoms with Crippen LogP contribution in [0.15, 0.2) is 50.8 Å². The smallest absolute Gasteiger partial charge is 0.264 e. The predicted octanol–water partition coefficient (Wildman–Crippen LogP) is 5.26. The van der Waals surface area contributed by atoms with Crippen molar-refractivity contribution in [1.82, 2.24) is 5.32 Å². The SMILES string of the molecule is CCc1ccc(N=C2NC(=O)/C(=C/c3cc(Cl)cc(Br)c3O)S2)cc1. The quantitative estimate of drug-likeness (QED) is 0.644. The van der Waals surface area contributed by atoms with E-state index in [2.05, 4.69) is 33.2 Å². The lowest BCUT2D eigenvalue weighted by Crippen LogP contribution is -2.19. The van der Waals surface area contributed by atoms with Crippen LogP contribution in [-0.2, 0) is 11.2 Å². The number of halogens is 2. The van der Waals surface area contributed by atoms with Gasteiger partial charge in [0, 0.05) is 10.6 Å². The zero-order valence-corrected chi connectivity index (χ0v) is 16.4. The summed E-state index contributed by atoms with van der Waals surface area (Å²) in [6, 6.07) is 11.0. The van der Waals surface area contributed by atoms with Crippen LogP contribution in [-0.4, -0.2) is 16.2 Å². The van der Waals surface area contributed by atoms with Crippen LogP contribution in [0.2, 0.25) is 5.02 Å². The molecule has 2 N–H and O–H groups in total. The molecule has 25 heavy (non-hydrogen) atoms. The van der Waals surface area contributed by atoms with Crippen LogP contribution in [0.4, 0.5) is 5.69 Å². The van der Waals surface area contributed by atoms with E-state index in [1.54, 1.807) is 18.2 Å². The Hall–Kier alpha value is -1.76. The van der Waals surface area contributed by atoms with Gasteiger partial charge in [0.1, 0.15) is 5.75 Å². The minimum atomic E-state index is -0.260. The van der Waals surface area contributed by atoms with E-state index in [-0.39, 0.29) is 11.7 Å². The van der Waals surface area contributed by atoms with Crippen molar-refractivity contribution in [3.05, 3.63) is 61.9 Å². The molecule has 0 bridgehead atoms. The largest absolute Gasteiger partial charge is 0.506 e. The molecule has 0 atom stereocenters. The molecule has 2 aromatic carbocycles. The predicted molar refractivity (Wildman–Crippen MR) is 107 cm³/mol. The number of aliphatic imine (C=N–C) groups is 1. The number of carbonyl (C=O) groups is 1. The van der Waals surface area contributed by atoms with E-state index in [4.69, 9.17) is 11.6 Å². The third kappa shape index (κ3) is 4.26. The van der Waals surface area contributed by atoms with Gasteiger partial charge in [0.15, 0.2) is 5.17 Å². The molecule has 1 saturated heterocycles. The number of aromatic hydroxyl groups is 1. The summed E-state index contributed by atoms with van der Waals surface area (Å²) in [7, 11) is 0. The fourth-order valence-corrected chi connectivity index (χ4v) is 3.91. The number of hydrogen-bond donors (Lipinski definition) is 2. The number of aryl methyl sites for hydroxylation is 1. The van der Waals surface area contributed by atoms with Gasteiger partial charge in [-0.25, -0.2) is 4.99 Å². The molecule has 1 amide bonds. The van der Waals surface area contributed by atoms with Crippen LogP contribution in [0, 0.1) is 0 Å². The molecule has 0 unspecified atom stereocenters. The van der Waals surface area contributed by atoms with Crippen LogP contribution < -0.4 is 5.32 Å². The molecule has 7 heteroatoms. The van der Waals surface area contributed by atoms with Crippen molar-refractivity contribution in [1.29, 1.82) is 0 Å². The number of nitrogens with one attached hydrogen (secondary N) is 1. The Morgan fingerprint density at radius 3 is 2.72 bits per heavy atom. The van der Waals surface area contributed by atoms with E-state index in [1.165, 1.54) is 17.3 Å². The van der Waals surface area contributed by atoms with Gasteiger partial charge in [0.25, 0.3) is 5.91 Å². The number of carbonyl (C=O) groups excluding carboxylic acids is 1. The summed E-state index contributed by atoms with van der Waals surface area (Å²) < 4.78 is 0.472. The Morgan fingerprint density at radius 1 is 1.32 bits per heavy atom. The van der Waals surface area contributed by atoms with Crippen LogP contribution in [0.1, 0.15) is 18.1 Å². The third-order valence-corrected chi connectivity index (χ3v) is 5.30. The highest BCUT2D eigenvalue weighted by atomic mass is 79.9. The molecule has 3 rings (SSSR count). The van der Waals surface area contributed by atoms with Gasteiger partial charge in [-0.3, -0.25) is 4.79 Å². The highest BCUT2D eigenvalue weighted by Crippen LogP contribution is 2.35. The second-order valence-corrected chi connectivity index (χ2v) is 7.65. The molecule has 128 valence electrons. The Balaban J connectivity index is 1.86. The first-order valence-electron chi connectivity index (χ1n) is 7.53. The lowest BCUT2D eigenvalue weighted by molar-refractivity contribution is -0.115. The van der Waals surface area contributed by atoms with E-state index < -0.39 is 0 Å². The molecule has 0 aliphatic carbocycles. The van der Waals surface area contributed by atoms with Crippen LogP contribution in [0.5, 0.6) is 5.75 Å². The van der Waals surface area contributed by atoms with Crippen molar-refractivity contribution in [2.24, 2.45) is 4.99 Å². The molecule has 0 radical (unpaired) electrons. The Morgan fingerprint density at radius 2 is 2.04 bits per heavy atom. The lowest BCUT2D eigenvalue weighted by Gasteiger charge is -2.03. The minimum Gasteiger partial charge on any atom is -0.506 e. The molecule has 1 aliphatic heterocycles. The maximum absolute atomic E-state index is 12.2. The number of phenolic OH excluding ortho intramolecular Hbond substituents is 1. The minimum absolute atomic E-state index is 0.0332. The maximum atomic E-state index is 12.2. The first kappa shape index (κ1) is 18.0. The van der Waals surface area contributed by atoms with Gasteiger partial charge in [-0.2, -0.15) is 0 Å². The van der Waals surface area contributed by atoms with Crippen LogP contribution in [0.25, 0.3) is 6.08 Å². The third-order valence-electron chi connectivity index (χ3n) is 3.57. The maximum Gasteiger partial charge on any atom is 0.264 e. The van der Waals surface area contributed by atoms with Crippen molar-refractivity contribution in [2.75, 3.05) is 0 Å². The highest BCUT2D eigenvalue weighted by Gasteiger charge is 2.24. The van der Waals surface area contributed by atoms with E-state index in [1.807, 2.05) is 24.3 Å². The van der Waals surface area contributed by atoms with Gasteiger partial charge in [-0.15, -0.1) is 0 Å². The van der Waals surface area contributed by atoms with Crippen LogP contribution >= 0.6 is 39.3 Å². The Labute approximate surface area is 163 Å².